The van der Waals surface area contributed by atoms with E-state index in [1.54, 1.807) is 42.5 Å². The van der Waals surface area contributed by atoms with Gasteiger partial charge in [-0.2, -0.15) is 0 Å². The summed E-state index contributed by atoms with van der Waals surface area (Å²) in [4.78, 5) is 13.2. The fraction of sp³-hybridized carbons (Fsp3) is 0.240. The molecule has 3 aromatic rings. The molecule has 0 aliphatic carbocycles. The van der Waals surface area contributed by atoms with Crippen molar-refractivity contribution in [3.63, 3.8) is 0 Å². The first kappa shape index (κ1) is 24.6. The Labute approximate surface area is 199 Å². The van der Waals surface area contributed by atoms with Crippen LogP contribution in [0.25, 0.3) is 0 Å². The van der Waals surface area contributed by atoms with Crippen LogP contribution < -0.4 is 13.8 Å². The smallest absolute Gasteiger partial charge is 0.270 e. The first-order valence-electron chi connectivity index (χ1n) is 10.4. The van der Waals surface area contributed by atoms with E-state index in [2.05, 4.69) is 0 Å². The average Bonchev–Trinajstić information content (AvgIpc) is 2.81. The van der Waals surface area contributed by atoms with Crippen molar-refractivity contribution in [2.75, 3.05) is 18.0 Å². The number of carbonyl (C=O) groups is 1. The molecule has 1 amide bonds. The minimum absolute atomic E-state index is 0.0103. The molecule has 0 aliphatic rings. The molecule has 0 saturated heterocycles. The van der Waals surface area contributed by atoms with Crippen LogP contribution in [0, 0.1) is 13.8 Å². The summed E-state index contributed by atoms with van der Waals surface area (Å²) in [6.45, 7) is 4.05. The van der Waals surface area contributed by atoms with Crippen molar-refractivity contribution in [2.45, 2.75) is 31.6 Å². The Morgan fingerprint density at radius 1 is 0.939 bits per heavy atom. The molecule has 0 unspecified atom stereocenters. The molecule has 174 valence electrons. The summed E-state index contributed by atoms with van der Waals surface area (Å²) in [5.41, 5.74) is 2.05. The Balaban J connectivity index is 1.76. The summed E-state index contributed by atoms with van der Waals surface area (Å²) in [6, 6.07) is 17.9. The number of aryl methyl sites for hydroxylation is 2. The summed E-state index contributed by atoms with van der Waals surface area (Å²) in [5, 5.41) is 0.693. The second-order valence-corrected chi connectivity index (χ2v) is 9.66. The second-order valence-electron chi connectivity index (χ2n) is 7.50. The Bertz CT molecular complexity index is 1190. The Hall–Kier alpha value is -3.03. The highest BCUT2D eigenvalue weighted by molar-refractivity contribution is 7.93. The van der Waals surface area contributed by atoms with Crippen molar-refractivity contribution in [3.05, 3.63) is 82.9 Å². The van der Waals surface area contributed by atoms with Gasteiger partial charge in [0.15, 0.2) is 0 Å². The third-order valence-electron chi connectivity index (χ3n) is 5.03. The van der Waals surface area contributed by atoms with Gasteiger partial charge in [-0.15, -0.1) is 0 Å². The molecule has 0 aromatic heterocycles. The largest absolute Gasteiger partial charge is 0.497 e. The van der Waals surface area contributed by atoms with Crippen LogP contribution >= 0.6 is 11.6 Å². The van der Waals surface area contributed by atoms with Crippen LogP contribution in [0.3, 0.4) is 0 Å². The van der Waals surface area contributed by atoms with E-state index in [-0.39, 0.29) is 23.6 Å². The second kappa shape index (κ2) is 10.7. The molecule has 0 saturated carbocycles. The summed E-state index contributed by atoms with van der Waals surface area (Å²) in [6.07, 6.45) is 0.333. The molecule has 0 atom stereocenters. The third-order valence-corrected chi connectivity index (χ3v) is 7.39. The van der Waals surface area contributed by atoms with E-state index >= 15 is 0 Å². The minimum Gasteiger partial charge on any atom is -0.497 e. The SMILES string of the molecule is COc1ccc(N(C(=O)CCCOc2cc(C)c(Cl)c(C)c2)S(=O)(=O)c2ccccc2)cc1. The van der Waals surface area contributed by atoms with Gasteiger partial charge in [-0.3, -0.25) is 4.79 Å². The average molecular weight is 488 g/mol. The van der Waals surface area contributed by atoms with E-state index in [4.69, 9.17) is 21.1 Å². The molecule has 3 rings (SSSR count). The molecule has 0 heterocycles. The van der Waals surface area contributed by atoms with Gasteiger partial charge in [-0.05, 0) is 79.9 Å². The lowest BCUT2D eigenvalue weighted by Gasteiger charge is -2.23. The van der Waals surface area contributed by atoms with Crippen LogP contribution in [0.15, 0.2) is 71.6 Å². The number of carbonyl (C=O) groups excluding carboxylic acids is 1. The quantitative estimate of drug-likeness (QED) is 0.370. The van der Waals surface area contributed by atoms with E-state index in [0.717, 1.165) is 15.4 Å². The van der Waals surface area contributed by atoms with E-state index in [0.29, 0.717) is 22.9 Å². The molecule has 3 aromatic carbocycles. The number of halogens is 1. The summed E-state index contributed by atoms with van der Waals surface area (Å²) in [7, 11) is -2.57. The van der Waals surface area contributed by atoms with E-state index in [1.807, 2.05) is 26.0 Å². The van der Waals surface area contributed by atoms with E-state index in [9.17, 15) is 13.2 Å². The predicted molar refractivity (Wildman–Crippen MR) is 130 cm³/mol. The number of sulfonamides is 1. The van der Waals surface area contributed by atoms with Gasteiger partial charge in [0.1, 0.15) is 11.5 Å². The monoisotopic (exact) mass is 487 g/mol. The number of amides is 1. The number of benzene rings is 3. The molecule has 0 N–H and O–H groups in total. The van der Waals surface area contributed by atoms with Crippen LogP contribution in [0.5, 0.6) is 11.5 Å². The molecule has 6 nitrogen and oxygen atoms in total. The number of hydrogen-bond donors (Lipinski definition) is 0. The van der Waals surface area contributed by atoms with E-state index in [1.165, 1.54) is 19.2 Å². The van der Waals surface area contributed by atoms with Crippen LogP contribution in [0.1, 0.15) is 24.0 Å². The zero-order chi connectivity index (χ0) is 24.0. The molecule has 8 heteroatoms. The first-order valence-corrected chi connectivity index (χ1v) is 12.2. The number of ether oxygens (including phenoxy) is 2. The summed E-state index contributed by atoms with van der Waals surface area (Å²) in [5.74, 6) is 0.673. The van der Waals surface area contributed by atoms with Crippen LogP contribution in [0.2, 0.25) is 5.02 Å². The Morgan fingerprint density at radius 2 is 1.55 bits per heavy atom. The number of nitrogens with zero attached hydrogens (tertiary/aromatic N) is 1. The number of anilines is 1. The highest BCUT2D eigenvalue weighted by Gasteiger charge is 2.30. The maximum Gasteiger partial charge on any atom is 0.270 e. The zero-order valence-corrected chi connectivity index (χ0v) is 20.3. The molecule has 33 heavy (non-hydrogen) atoms. The van der Waals surface area contributed by atoms with Crippen LogP contribution in [-0.4, -0.2) is 28.0 Å². The minimum atomic E-state index is -4.09. The van der Waals surface area contributed by atoms with Crippen molar-refractivity contribution >= 4 is 33.2 Å². The van der Waals surface area contributed by atoms with Gasteiger partial charge in [0, 0.05) is 11.4 Å². The van der Waals surface area contributed by atoms with E-state index < -0.39 is 15.9 Å². The Kier molecular flexibility index (Phi) is 8.00. The van der Waals surface area contributed by atoms with Crippen LogP contribution in [-0.2, 0) is 14.8 Å². The van der Waals surface area contributed by atoms with Gasteiger partial charge in [0.05, 0.1) is 24.3 Å². The molecule has 0 spiro atoms. The van der Waals surface area contributed by atoms with Crippen molar-refractivity contribution in [3.8, 4) is 11.5 Å². The standard InChI is InChI=1S/C25H26ClNO5S/c1-18-16-22(17-19(2)25(18)26)32-15-7-10-24(28)27(20-11-13-21(31-3)14-12-20)33(29,30)23-8-5-4-6-9-23/h4-6,8-9,11-14,16-17H,7,10,15H2,1-3H3. The molecule has 0 bridgehead atoms. The zero-order valence-electron chi connectivity index (χ0n) is 18.7. The first-order chi connectivity index (χ1) is 15.7. The lowest BCUT2D eigenvalue weighted by Crippen LogP contribution is -2.37. The maximum atomic E-state index is 13.3. The predicted octanol–water partition coefficient (Wildman–Crippen LogP) is 5.55. The highest BCUT2D eigenvalue weighted by Crippen LogP contribution is 2.28. The van der Waals surface area contributed by atoms with Crippen molar-refractivity contribution in [2.24, 2.45) is 0 Å². The van der Waals surface area contributed by atoms with Crippen molar-refractivity contribution < 1.29 is 22.7 Å². The summed E-state index contributed by atoms with van der Waals surface area (Å²) >= 11 is 6.19. The fourth-order valence-electron chi connectivity index (χ4n) is 3.34. The van der Waals surface area contributed by atoms with Gasteiger partial charge in [-0.1, -0.05) is 29.8 Å². The molecular weight excluding hydrogens is 462 g/mol. The summed E-state index contributed by atoms with van der Waals surface area (Å²) < 4.78 is 38.4. The Morgan fingerprint density at radius 3 is 2.12 bits per heavy atom. The topological polar surface area (TPSA) is 72.9 Å². The van der Waals surface area contributed by atoms with Gasteiger partial charge in [-0.25, -0.2) is 12.7 Å². The molecule has 0 radical (unpaired) electrons. The lowest BCUT2D eigenvalue weighted by molar-refractivity contribution is -0.117. The van der Waals surface area contributed by atoms with Crippen LogP contribution in [0.4, 0.5) is 5.69 Å². The fourth-order valence-corrected chi connectivity index (χ4v) is 4.92. The maximum absolute atomic E-state index is 13.3. The van der Waals surface area contributed by atoms with Gasteiger partial charge in [0.2, 0.25) is 5.91 Å². The number of hydrogen-bond acceptors (Lipinski definition) is 5. The van der Waals surface area contributed by atoms with Gasteiger partial charge >= 0.3 is 0 Å². The van der Waals surface area contributed by atoms with Crippen molar-refractivity contribution in [1.29, 1.82) is 0 Å². The van der Waals surface area contributed by atoms with Crippen molar-refractivity contribution in [1.82, 2.24) is 0 Å². The van der Waals surface area contributed by atoms with Gasteiger partial charge in [0.25, 0.3) is 10.0 Å². The number of rotatable bonds is 9. The normalized spacial score (nSPS) is 11.2. The molecule has 0 fully saturated rings. The highest BCUT2D eigenvalue weighted by atomic mass is 35.5. The number of methoxy groups -OCH3 is 1. The lowest BCUT2D eigenvalue weighted by atomic mass is 10.1. The van der Waals surface area contributed by atoms with Gasteiger partial charge < -0.3 is 9.47 Å². The third kappa shape index (κ3) is 5.86. The molecule has 0 aliphatic heterocycles. The molecular formula is C25H26ClNO5S.